The summed E-state index contributed by atoms with van der Waals surface area (Å²) in [5.41, 5.74) is -0.108. The first-order valence-corrected chi connectivity index (χ1v) is 5.86. The van der Waals surface area contributed by atoms with Crippen LogP contribution >= 0.6 is 11.8 Å². The molecule has 2 N–H and O–H groups in total. The first-order chi connectivity index (χ1) is 6.84. The molecule has 1 aliphatic heterocycles. The number of rotatable bonds is 3. The molecule has 5 heteroatoms. The summed E-state index contributed by atoms with van der Waals surface area (Å²) in [5, 5.41) is 3.18. The number of aromatic amines is 1. The Labute approximate surface area is 86.5 Å². The molecule has 0 bridgehead atoms. The maximum atomic E-state index is 10.9. The molecule has 4 nitrogen and oxygen atoms in total. The third-order valence-electron chi connectivity index (χ3n) is 2.27. The van der Waals surface area contributed by atoms with Gasteiger partial charge in [0.1, 0.15) is 5.82 Å². The van der Waals surface area contributed by atoms with Gasteiger partial charge >= 0.3 is 0 Å². The van der Waals surface area contributed by atoms with Crippen molar-refractivity contribution in [2.75, 3.05) is 23.4 Å². The largest absolute Gasteiger partial charge is 0.370 e. The van der Waals surface area contributed by atoms with Crippen LogP contribution in [0, 0.1) is 5.92 Å². The van der Waals surface area contributed by atoms with E-state index in [4.69, 9.17) is 0 Å². The highest BCUT2D eigenvalue weighted by Gasteiger charge is 2.14. The number of nitrogens with zero attached hydrogens (tertiary/aromatic N) is 1. The SMILES string of the molecule is O=c1cc(NCC2CCSC2)nc[nH]1. The van der Waals surface area contributed by atoms with Crippen LogP contribution in [-0.4, -0.2) is 28.0 Å². The summed E-state index contributed by atoms with van der Waals surface area (Å²) in [6.45, 7) is 0.920. The molecule has 0 radical (unpaired) electrons. The molecule has 0 aromatic carbocycles. The van der Waals surface area contributed by atoms with E-state index in [2.05, 4.69) is 15.3 Å². The smallest absolute Gasteiger partial charge is 0.252 e. The molecule has 76 valence electrons. The standard InChI is InChI=1S/C9H13N3OS/c13-9-3-8(11-6-12-9)10-4-7-1-2-14-5-7/h3,6-7H,1-2,4-5H2,(H2,10,11,12,13). The molecule has 0 aliphatic carbocycles. The first-order valence-electron chi connectivity index (χ1n) is 4.71. The molecule has 1 fully saturated rings. The highest BCUT2D eigenvalue weighted by Crippen LogP contribution is 2.23. The Morgan fingerprint density at radius 3 is 3.36 bits per heavy atom. The summed E-state index contributed by atoms with van der Waals surface area (Å²) in [5.74, 6) is 3.87. The van der Waals surface area contributed by atoms with E-state index < -0.39 is 0 Å². The third-order valence-corrected chi connectivity index (χ3v) is 3.51. The lowest BCUT2D eigenvalue weighted by atomic mass is 10.1. The molecule has 1 unspecified atom stereocenters. The van der Waals surface area contributed by atoms with Crippen LogP contribution in [0.4, 0.5) is 5.82 Å². The van der Waals surface area contributed by atoms with Crippen molar-refractivity contribution in [1.82, 2.24) is 9.97 Å². The Hall–Kier alpha value is -0.970. The Morgan fingerprint density at radius 1 is 1.71 bits per heavy atom. The lowest BCUT2D eigenvalue weighted by molar-refractivity contribution is 0.630. The van der Waals surface area contributed by atoms with Gasteiger partial charge in [0.25, 0.3) is 5.56 Å². The van der Waals surface area contributed by atoms with Crippen molar-refractivity contribution in [2.45, 2.75) is 6.42 Å². The maximum Gasteiger partial charge on any atom is 0.252 e. The lowest BCUT2D eigenvalue weighted by Gasteiger charge is -2.09. The van der Waals surface area contributed by atoms with Crippen LogP contribution in [0.3, 0.4) is 0 Å². The van der Waals surface area contributed by atoms with Crippen molar-refractivity contribution in [1.29, 1.82) is 0 Å². The summed E-state index contributed by atoms with van der Waals surface area (Å²) in [6, 6.07) is 1.49. The number of aromatic nitrogens is 2. The summed E-state index contributed by atoms with van der Waals surface area (Å²) < 4.78 is 0. The van der Waals surface area contributed by atoms with Gasteiger partial charge in [-0.3, -0.25) is 4.79 Å². The second kappa shape index (κ2) is 4.50. The van der Waals surface area contributed by atoms with Crippen molar-refractivity contribution in [3.8, 4) is 0 Å². The molecular weight excluding hydrogens is 198 g/mol. The molecule has 1 atom stereocenters. The molecule has 0 spiro atoms. The highest BCUT2D eigenvalue weighted by atomic mass is 32.2. The number of H-pyrrole nitrogens is 1. The predicted molar refractivity (Wildman–Crippen MR) is 58.8 cm³/mol. The Kier molecular flexibility index (Phi) is 3.08. The van der Waals surface area contributed by atoms with Crippen molar-refractivity contribution >= 4 is 17.6 Å². The Balaban J connectivity index is 1.88. The molecule has 0 saturated carbocycles. The van der Waals surface area contributed by atoms with E-state index in [1.807, 2.05) is 11.8 Å². The van der Waals surface area contributed by atoms with Crippen molar-refractivity contribution in [3.05, 3.63) is 22.7 Å². The van der Waals surface area contributed by atoms with Crippen LogP contribution in [0.5, 0.6) is 0 Å². The number of hydrogen-bond donors (Lipinski definition) is 2. The van der Waals surface area contributed by atoms with Crippen LogP contribution in [-0.2, 0) is 0 Å². The van der Waals surface area contributed by atoms with Crippen molar-refractivity contribution in [2.24, 2.45) is 5.92 Å². The van der Waals surface area contributed by atoms with Gasteiger partial charge < -0.3 is 10.3 Å². The number of thioether (sulfide) groups is 1. The van der Waals surface area contributed by atoms with E-state index in [9.17, 15) is 4.79 Å². The fourth-order valence-electron chi connectivity index (χ4n) is 1.46. The molecule has 1 saturated heterocycles. The first kappa shape index (κ1) is 9.58. The van der Waals surface area contributed by atoms with Crippen LogP contribution in [0.2, 0.25) is 0 Å². The number of anilines is 1. The minimum atomic E-state index is -0.108. The van der Waals surface area contributed by atoms with Gasteiger partial charge in [-0.1, -0.05) is 0 Å². The Morgan fingerprint density at radius 2 is 2.64 bits per heavy atom. The summed E-state index contributed by atoms with van der Waals surface area (Å²) in [6.07, 6.45) is 2.69. The minimum absolute atomic E-state index is 0.108. The van der Waals surface area contributed by atoms with E-state index >= 15 is 0 Å². The second-order valence-corrected chi connectivity index (χ2v) is 4.56. The molecule has 14 heavy (non-hydrogen) atoms. The van der Waals surface area contributed by atoms with E-state index in [-0.39, 0.29) is 5.56 Å². The van der Waals surface area contributed by atoms with Gasteiger partial charge in [0.05, 0.1) is 6.33 Å². The second-order valence-electron chi connectivity index (χ2n) is 3.41. The molecule has 2 rings (SSSR count). The maximum absolute atomic E-state index is 10.9. The quantitative estimate of drug-likeness (QED) is 0.781. The van der Waals surface area contributed by atoms with Crippen LogP contribution < -0.4 is 10.9 Å². The van der Waals surface area contributed by atoms with Gasteiger partial charge in [0.15, 0.2) is 0 Å². The molecule has 2 heterocycles. The van der Waals surface area contributed by atoms with E-state index in [0.717, 1.165) is 12.5 Å². The van der Waals surface area contributed by atoms with Gasteiger partial charge in [-0.25, -0.2) is 4.98 Å². The minimum Gasteiger partial charge on any atom is -0.370 e. The van der Waals surface area contributed by atoms with Crippen molar-refractivity contribution in [3.63, 3.8) is 0 Å². The lowest BCUT2D eigenvalue weighted by Crippen LogP contribution is -2.16. The summed E-state index contributed by atoms with van der Waals surface area (Å²) >= 11 is 1.99. The average Bonchev–Trinajstić information content (AvgIpc) is 2.67. The van der Waals surface area contributed by atoms with Gasteiger partial charge in [0.2, 0.25) is 0 Å². The highest BCUT2D eigenvalue weighted by molar-refractivity contribution is 7.99. The number of hydrogen-bond acceptors (Lipinski definition) is 4. The average molecular weight is 211 g/mol. The van der Waals surface area contributed by atoms with E-state index in [1.165, 1.54) is 30.3 Å². The van der Waals surface area contributed by atoms with Gasteiger partial charge in [-0.05, 0) is 23.8 Å². The zero-order valence-electron chi connectivity index (χ0n) is 7.82. The Bertz CT molecular complexity index is 346. The van der Waals surface area contributed by atoms with E-state index in [1.54, 1.807) is 0 Å². The number of nitrogens with one attached hydrogen (secondary N) is 2. The van der Waals surface area contributed by atoms with Crippen molar-refractivity contribution < 1.29 is 0 Å². The summed E-state index contributed by atoms with van der Waals surface area (Å²) in [7, 11) is 0. The fourth-order valence-corrected chi connectivity index (χ4v) is 2.74. The van der Waals surface area contributed by atoms with Gasteiger partial charge in [-0.15, -0.1) is 0 Å². The molecule has 1 aliphatic rings. The zero-order chi connectivity index (χ0) is 9.80. The zero-order valence-corrected chi connectivity index (χ0v) is 8.64. The predicted octanol–water partition coefficient (Wildman–Crippen LogP) is 0.935. The molecule has 0 amide bonds. The van der Waals surface area contributed by atoms with Crippen LogP contribution in [0.1, 0.15) is 6.42 Å². The molecule has 1 aromatic rings. The van der Waals surface area contributed by atoms with Crippen LogP contribution in [0.25, 0.3) is 0 Å². The fraction of sp³-hybridized carbons (Fsp3) is 0.556. The monoisotopic (exact) mass is 211 g/mol. The normalized spacial score (nSPS) is 21.0. The topological polar surface area (TPSA) is 57.8 Å². The summed E-state index contributed by atoms with van der Waals surface area (Å²) in [4.78, 5) is 17.5. The van der Waals surface area contributed by atoms with Gasteiger partial charge in [-0.2, -0.15) is 11.8 Å². The van der Waals surface area contributed by atoms with Gasteiger partial charge in [0, 0.05) is 12.6 Å². The molecular formula is C9H13N3OS. The molecule has 1 aromatic heterocycles. The third kappa shape index (κ3) is 2.51. The van der Waals surface area contributed by atoms with Crippen LogP contribution in [0.15, 0.2) is 17.2 Å². The van der Waals surface area contributed by atoms with E-state index in [0.29, 0.717) is 5.82 Å².